The van der Waals surface area contributed by atoms with Crippen molar-refractivity contribution in [2.75, 3.05) is 19.6 Å². The average Bonchev–Trinajstić information content (AvgIpc) is 2.96. The van der Waals surface area contributed by atoms with Crippen LogP contribution in [-0.4, -0.2) is 36.1 Å². The Labute approximate surface area is 131 Å². The molecule has 0 radical (unpaired) electrons. The van der Waals surface area contributed by atoms with Crippen molar-refractivity contribution in [2.24, 2.45) is 5.92 Å². The second-order valence-electron chi connectivity index (χ2n) is 8.00. The molecule has 2 heteroatoms. The van der Waals surface area contributed by atoms with Crippen LogP contribution < -0.4 is 5.32 Å². The van der Waals surface area contributed by atoms with Crippen LogP contribution in [0.15, 0.2) is 11.6 Å². The minimum absolute atomic E-state index is 0.483. The molecule has 21 heavy (non-hydrogen) atoms. The van der Waals surface area contributed by atoms with E-state index in [1.54, 1.807) is 0 Å². The molecule has 0 amide bonds. The zero-order chi connectivity index (χ0) is 14.7. The molecule has 0 aromatic carbocycles. The summed E-state index contributed by atoms with van der Waals surface area (Å²) in [5.41, 5.74) is 1.95. The molecular formula is C19H34N2. The summed E-state index contributed by atoms with van der Waals surface area (Å²) in [6.07, 6.45) is 15.4. The zero-order valence-electron chi connectivity index (χ0n) is 14.2. The van der Waals surface area contributed by atoms with Crippen molar-refractivity contribution >= 4 is 0 Å². The fraction of sp³-hybridized carbons (Fsp3) is 0.895. The summed E-state index contributed by atoms with van der Waals surface area (Å²) in [6.45, 7) is 8.18. The summed E-state index contributed by atoms with van der Waals surface area (Å²) < 4.78 is 0. The molecule has 1 aliphatic heterocycles. The molecule has 1 unspecified atom stereocenters. The van der Waals surface area contributed by atoms with Gasteiger partial charge >= 0.3 is 0 Å². The topological polar surface area (TPSA) is 15.3 Å². The van der Waals surface area contributed by atoms with Crippen molar-refractivity contribution in [1.29, 1.82) is 0 Å². The Balaban J connectivity index is 1.68. The number of nitrogens with zero attached hydrogens (tertiary/aromatic N) is 1. The van der Waals surface area contributed by atoms with Crippen molar-refractivity contribution in [1.82, 2.24) is 10.2 Å². The van der Waals surface area contributed by atoms with Gasteiger partial charge in [0, 0.05) is 31.2 Å². The standard InChI is InChI=1S/C19H34N2/c1-16(2)10-13-21-14-18(17-8-4-3-5-9-17)20-15-19(21)11-6-7-12-19/h10,17-18,20H,3-9,11-15H2,1-2H3. The minimum atomic E-state index is 0.483. The van der Waals surface area contributed by atoms with E-state index >= 15 is 0 Å². The summed E-state index contributed by atoms with van der Waals surface area (Å²) in [6, 6.07) is 0.752. The molecule has 2 aliphatic carbocycles. The predicted molar refractivity (Wildman–Crippen MR) is 90.6 cm³/mol. The quantitative estimate of drug-likeness (QED) is 0.787. The number of allylic oxidation sites excluding steroid dienone is 1. The van der Waals surface area contributed by atoms with Gasteiger partial charge in [-0.15, -0.1) is 0 Å². The molecular weight excluding hydrogens is 256 g/mol. The van der Waals surface area contributed by atoms with E-state index in [2.05, 4.69) is 30.1 Å². The van der Waals surface area contributed by atoms with Crippen LogP contribution in [0.3, 0.4) is 0 Å². The van der Waals surface area contributed by atoms with E-state index in [1.807, 2.05) is 0 Å². The lowest BCUT2D eigenvalue weighted by molar-refractivity contribution is 0.0339. The molecule has 0 aromatic rings. The lowest BCUT2D eigenvalue weighted by atomic mass is 9.80. The van der Waals surface area contributed by atoms with Crippen LogP contribution in [0.4, 0.5) is 0 Å². The maximum absolute atomic E-state index is 3.98. The Morgan fingerprint density at radius 2 is 1.81 bits per heavy atom. The van der Waals surface area contributed by atoms with E-state index in [9.17, 15) is 0 Å². The van der Waals surface area contributed by atoms with Crippen LogP contribution in [0, 0.1) is 5.92 Å². The van der Waals surface area contributed by atoms with Gasteiger partial charge in [0.1, 0.15) is 0 Å². The van der Waals surface area contributed by atoms with Crippen LogP contribution >= 0.6 is 0 Å². The molecule has 1 atom stereocenters. The van der Waals surface area contributed by atoms with Crippen molar-refractivity contribution < 1.29 is 0 Å². The first-order valence-electron chi connectivity index (χ1n) is 9.31. The maximum Gasteiger partial charge on any atom is 0.0338 e. The molecule has 3 fully saturated rings. The summed E-state index contributed by atoms with van der Waals surface area (Å²) in [4.78, 5) is 2.85. The molecule has 3 aliphatic rings. The Bertz CT molecular complexity index is 358. The first kappa shape index (κ1) is 15.6. The molecule has 2 nitrogen and oxygen atoms in total. The summed E-state index contributed by atoms with van der Waals surface area (Å²) in [5, 5.41) is 3.98. The Hall–Kier alpha value is -0.340. The van der Waals surface area contributed by atoms with Gasteiger partial charge < -0.3 is 5.32 Å². The van der Waals surface area contributed by atoms with Crippen molar-refractivity contribution in [3.05, 3.63) is 11.6 Å². The number of hydrogen-bond donors (Lipinski definition) is 1. The molecule has 1 N–H and O–H groups in total. The normalized spacial score (nSPS) is 30.7. The van der Waals surface area contributed by atoms with E-state index in [0.717, 1.165) is 12.0 Å². The Morgan fingerprint density at radius 1 is 1.10 bits per heavy atom. The third kappa shape index (κ3) is 3.53. The summed E-state index contributed by atoms with van der Waals surface area (Å²) in [7, 11) is 0. The van der Waals surface area contributed by atoms with Crippen molar-refractivity contribution in [2.45, 2.75) is 83.2 Å². The van der Waals surface area contributed by atoms with E-state index in [4.69, 9.17) is 0 Å². The van der Waals surface area contributed by atoms with Gasteiger partial charge in [-0.05, 0) is 45.4 Å². The Kier molecular flexibility index (Phi) is 5.06. The molecule has 1 spiro atoms. The Morgan fingerprint density at radius 3 is 2.48 bits per heavy atom. The third-order valence-electron chi connectivity index (χ3n) is 6.25. The number of hydrogen-bond acceptors (Lipinski definition) is 2. The highest BCUT2D eigenvalue weighted by Crippen LogP contribution is 2.39. The molecule has 0 bridgehead atoms. The third-order valence-corrected chi connectivity index (χ3v) is 6.25. The number of piperazine rings is 1. The van der Waals surface area contributed by atoms with Gasteiger partial charge in [-0.2, -0.15) is 0 Å². The van der Waals surface area contributed by atoms with Gasteiger partial charge in [-0.3, -0.25) is 4.90 Å². The van der Waals surface area contributed by atoms with Gasteiger partial charge in [-0.25, -0.2) is 0 Å². The van der Waals surface area contributed by atoms with Crippen molar-refractivity contribution in [3.8, 4) is 0 Å². The highest BCUT2D eigenvalue weighted by molar-refractivity contribution is 5.06. The van der Waals surface area contributed by atoms with Crippen LogP contribution in [-0.2, 0) is 0 Å². The summed E-state index contributed by atoms with van der Waals surface area (Å²) in [5.74, 6) is 0.937. The number of rotatable bonds is 3. The highest BCUT2D eigenvalue weighted by atomic mass is 15.3. The monoisotopic (exact) mass is 290 g/mol. The van der Waals surface area contributed by atoms with Gasteiger partial charge in [-0.1, -0.05) is 43.8 Å². The molecule has 2 saturated carbocycles. The number of nitrogens with one attached hydrogen (secondary N) is 1. The maximum atomic E-state index is 3.98. The summed E-state index contributed by atoms with van der Waals surface area (Å²) >= 11 is 0. The lowest BCUT2D eigenvalue weighted by Gasteiger charge is -2.50. The lowest BCUT2D eigenvalue weighted by Crippen LogP contribution is -2.65. The van der Waals surface area contributed by atoms with Gasteiger partial charge in [0.15, 0.2) is 0 Å². The van der Waals surface area contributed by atoms with E-state index < -0.39 is 0 Å². The van der Waals surface area contributed by atoms with Crippen LogP contribution in [0.25, 0.3) is 0 Å². The highest BCUT2D eigenvalue weighted by Gasteiger charge is 2.44. The fourth-order valence-electron chi connectivity index (χ4n) is 4.87. The van der Waals surface area contributed by atoms with Gasteiger partial charge in [0.05, 0.1) is 0 Å². The minimum Gasteiger partial charge on any atom is -0.311 e. The largest absolute Gasteiger partial charge is 0.311 e. The first-order valence-corrected chi connectivity index (χ1v) is 9.31. The smallest absolute Gasteiger partial charge is 0.0338 e. The SMILES string of the molecule is CC(C)=CCN1CC(C2CCCCC2)NCC12CCCC2. The van der Waals surface area contributed by atoms with E-state index in [0.29, 0.717) is 5.54 Å². The molecule has 1 saturated heterocycles. The molecule has 1 heterocycles. The van der Waals surface area contributed by atoms with Crippen molar-refractivity contribution in [3.63, 3.8) is 0 Å². The van der Waals surface area contributed by atoms with Crippen LogP contribution in [0.1, 0.15) is 71.6 Å². The molecule has 0 aromatic heterocycles. The van der Waals surface area contributed by atoms with Crippen LogP contribution in [0.2, 0.25) is 0 Å². The predicted octanol–water partition coefficient (Wildman–Crippen LogP) is 4.12. The van der Waals surface area contributed by atoms with E-state index in [1.165, 1.54) is 83.0 Å². The molecule has 120 valence electrons. The first-order chi connectivity index (χ1) is 10.2. The molecule has 3 rings (SSSR count). The fourth-order valence-corrected chi connectivity index (χ4v) is 4.87. The van der Waals surface area contributed by atoms with E-state index in [-0.39, 0.29) is 0 Å². The van der Waals surface area contributed by atoms with Gasteiger partial charge in [0.25, 0.3) is 0 Å². The second kappa shape index (κ2) is 6.83. The van der Waals surface area contributed by atoms with Gasteiger partial charge in [0.2, 0.25) is 0 Å². The zero-order valence-corrected chi connectivity index (χ0v) is 14.2. The van der Waals surface area contributed by atoms with Crippen LogP contribution in [0.5, 0.6) is 0 Å². The average molecular weight is 290 g/mol. The second-order valence-corrected chi connectivity index (χ2v) is 8.00.